The highest BCUT2D eigenvalue weighted by atomic mass is 16.5. The fourth-order valence-corrected chi connectivity index (χ4v) is 2.43. The molecule has 2 heterocycles. The molecule has 21 heavy (non-hydrogen) atoms. The zero-order valence-electron chi connectivity index (χ0n) is 11.5. The van der Waals surface area contributed by atoms with Gasteiger partial charge in [-0.3, -0.25) is 4.79 Å². The highest BCUT2D eigenvalue weighted by molar-refractivity contribution is 5.76. The van der Waals surface area contributed by atoms with Crippen molar-refractivity contribution in [2.75, 3.05) is 25.1 Å². The second-order valence-electron chi connectivity index (χ2n) is 5.18. The van der Waals surface area contributed by atoms with E-state index < -0.39 is 11.4 Å². The molecule has 0 aliphatic carbocycles. The number of hydrogen-bond acceptors (Lipinski definition) is 6. The second kappa shape index (κ2) is 5.61. The molecule has 1 fully saturated rings. The number of hydrogen-bond donors (Lipinski definition) is 2. The molecule has 1 aromatic carbocycles. The van der Waals surface area contributed by atoms with Gasteiger partial charge in [0.15, 0.2) is 0 Å². The lowest BCUT2D eigenvalue weighted by atomic mass is 9.80. The highest BCUT2D eigenvalue weighted by Gasteiger charge is 2.40. The van der Waals surface area contributed by atoms with Crippen molar-refractivity contribution in [2.24, 2.45) is 5.41 Å². The molecular weight excluding hydrogens is 272 g/mol. The van der Waals surface area contributed by atoms with Crippen molar-refractivity contribution in [3.05, 3.63) is 24.3 Å². The van der Waals surface area contributed by atoms with Gasteiger partial charge in [-0.05, 0) is 25.0 Å². The fraction of sp³-hybridized carbons (Fsp3) is 0.429. The van der Waals surface area contributed by atoms with Crippen LogP contribution in [0.4, 0.5) is 5.95 Å². The van der Waals surface area contributed by atoms with Gasteiger partial charge in [0.2, 0.25) is 5.95 Å². The van der Waals surface area contributed by atoms with E-state index in [1.807, 2.05) is 24.3 Å². The van der Waals surface area contributed by atoms with Crippen LogP contribution < -0.4 is 5.32 Å². The standard InChI is InChI=1S/C14H16N4O3/c19-12(20)14(5-7-21-8-6-14)9-15-13-16-10-3-1-2-4-11(10)17-18-13/h1-4H,5-9H2,(H,19,20)(H,15,16,18). The number of aliphatic carboxylic acids is 1. The smallest absolute Gasteiger partial charge is 0.311 e. The number of carboxylic acids is 1. The molecular formula is C14H16N4O3. The summed E-state index contributed by atoms with van der Waals surface area (Å²) in [5, 5.41) is 20.5. The number of carbonyl (C=O) groups is 1. The maximum Gasteiger partial charge on any atom is 0.311 e. The third-order valence-corrected chi connectivity index (χ3v) is 3.85. The predicted molar refractivity (Wildman–Crippen MR) is 75.9 cm³/mol. The summed E-state index contributed by atoms with van der Waals surface area (Å²) in [6, 6.07) is 7.41. The summed E-state index contributed by atoms with van der Waals surface area (Å²) in [6.45, 7) is 1.20. The van der Waals surface area contributed by atoms with Crippen LogP contribution in [-0.2, 0) is 9.53 Å². The topological polar surface area (TPSA) is 97.2 Å². The Kier molecular flexibility index (Phi) is 3.66. The first-order chi connectivity index (χ1) is 10.2. The monoisotopic (exact) mass is 288 g/mol. The van der Waals surface area contributed by atoms with Crippen molar-refractivity contribution in [1.29, 1.82) is 0 Å². The molecule has 0 bridgehead atoms. The highest BCUT2D eigenvalue weighted by Crippen LogP contribution is 2.31. The lowest BCUT2D eigenvalue weighted by molar-refractivity contribution is -0.153. The van der Waals surface area contributed by atoms with Gasteiger partial charge in [0, 0.05) is 19.8 Å². The van der Waals surface area contributed by atoms with E-state index in [0.29, 0.717) is 37.5 Å². The van der Waals surface area contributed by atoms with E-state index in [0.717, 1.165) is 5.52 Å². The first kappa shape index (κ1) is 13.7. The van der Waals surface area contributed by atoms with Gasteiger partial charge in [-0.15, -0.1) is 10.2 Å². The number of aromatic nitrogens is 3. The molecule has 2 aromatic rings. The lowest BCUT2D eigenvalue weighted by Gasteiger charge is -2.33. The van der Waals surface area contributed by atoms with E-state index in [-0.39, 0.29) is 6.54 Å². The van der Waals surface area contributed by atoms with Crippen molar-refractivity contribution in [1.82, 2.24) is 15.2 Å². The maximum absolute atomic E-state index is 11.6. The van der Waals surface area contributed by atoms with Gasteiger partial charge >= 0.3 is 5.97 Å². The average Bonchev–Trinajstić information content (AvgIpc) is 2.53. The number of fused-ring (bicyclic) bond motifs is 1. The Morgan fingerprint density at radius 2 is 1.95 bits per heavy atom. The quantitative estimate of drug-likeness (QED) is 0.875. The number of benzene rings is 1. The van der Waals surface area contributed by atoms with Crippen LogP contribution in [0.5, 0.6) is 0 Å². The van der Waals surface area contributed by atoms with Gasteiger partial charge in [0.25, 0.3) is 0 Å². The summed E-state index contributed by atoms with van der Waals surface area (Å²) < 4.78 is 5.25. The molecule has 1 aromatic heterocycles. The van der Waals surface area contributed by atoms with Gasteiger partial charge < -0.3 is 15.2 Å². The minimum Gasteiger partial charge on any atom is -0.481 e. The molecule has 0 radical (unpaired) electrons. The zero-order valence-corrected chi connectivity index (χ0v) is 11.5. The zero-order chi connectivity index (χ0) is 14.7. The Labute approximate surface area is 121 Å². The number of carboxylic acid groups (broad SMARTS) is 1. The van der Waals surface area contributed by atoms with Crippen molar-refractivity contribution < 1.29 is 14.6 Å². The van der Waals surface area contributed by atoms with Crippen molar-refractivity contribution >= 4 is 23.0 Å². The second-order valence-corrected chi connectivity index (χ2v) is 5.18. The number of ether oxygens (including phenoxy) is 1. The average molecular weight is 288 g/mol. The van der Waals surface area contributed by atoms with Crippen LogP contribution in [0.3, 0.4) is 0 Å². The Morgan fingerprint density at radius 3 is 2.67 bits per heavy atom. The third kappa shape index (κ3) is 2.78. The van der Waals surface area contributed by atoms with Crippen LogP contribution in [0.1, 0.15) is 12.8 Å². The van der Waals surface area contributed by atoms with Gasteiger partial charge in [-0.1, -0.05) is 12.1 Å². The number of rotatable bonds is 4. The van der Waals surface area contributed by atoms with Crippen LogP contribution in [0.2, 0.25) is 0 Å². The molecule has 3 rings (SSSR count). The Balaban J connectivity index is 1.76. The summed E-state index contributed by atoms with van der Waals surface area (Å²) in [6.07, 6.45) is 0.965. The van der Waals surface area contributed by atoms with E-state index in [9.17, 15) is 9.90 Å². The van der Waals surface area contributed by atoms with E-state index in [2.05, 4.69) is 20.5 Å². The Hall–Kier alpha value is -2.28. The van der Waals surface area contributed by atoms with Crippen LogP contribution >= 0.6 is 0 Å². The molecule has 110 valence electrons. The van der Waals surface area contributed by atoms with Gasteiger partial charge in [-0.2, -0.15) is 0 Å². The minimum atomic E-state index is -0.826. The largest absolute Gasteiger partial charge is 0.481 e. The number of anilines is 1. The van der Waals surface area contributed by atoms with Gasteiger partial charge in [0.1, 0.15) is 5.52 Å². The minimum absolute atomic E-state index is 0.270. The normalized spacial score (nSPS) is 17.5. The fourth-order valence-electron chi connectivity index (χ4n) is 2.43. The Morgan fingerprint density at radius 1 is 1.24 bits per heavy atom. The van der Waals surface area contributed by atoms with Crippen LogP contribution in [0.15, 0.2) is 24.3 Å². The Bertz CT molecular complexity index is 655. The summed E-state index contributed by atoms with van der Waals surface area (Å²) >= 11 is 0. The van der Waals surface area contributed by atoms with E-state index in [1.165, 1.54) is 0 Å². The van der Waals surface area contributed by atoms with Crippen LogP contribution in [-0.4, -0.2) is 46.0 Å². The van der Waals surface area contributed by atoms with Gasteiger partial charge in [-0.25, -0.2) is 4.98 Å². The molecule has 1 saturated heterocycles. The molecule has 1 aliphatic heterocycles. The molecule has 7 heteroatoms. The van der Waals surface area contributed by atoms with Crippen LogP contribution in [0, 0.1) is 5.41 Å². The predicted octanol–water partition coefficient (Wildman–Crippen LogP) is 1.32. The molecule has 7 nitrogen and oxygen atoms in total. The first-order valence-electron chi connectivity index (χ1n) is 6.84. The number of para-hydroxylation sites is 1. The number of nitrogens with zero attached hydrogens (tertiary/aromatic N) is 3. The summed E-state index contributed by atoms with van der Waals surface area (Å²) in [5.41, 5.74) is 0.612. The molecule has 0 saturated carbocycles. The number of nitrogens with one attached hydrogen (secondary N) is 1. The molecule has 0 atom stereocenters. The maximum atomic E-state index is 11.6. The molecule has 2 N–H and O–H groups in total. The first-order valence-corrected chi connectivity index (χ1v) is 6.84. The molecule has 0 unspecified atom stereocenters. The third-order valence-electron chi connectivity index (χ3n) is 3.85. The summed E-state index contributed by atoms with van der Waals surface area (Å²) in [7, 11) is 0. The summed E-state index contributed by atoms with van der Waals surface area (Å²) in [4.78, 5) is 15.9. The van der Waals surface area contributed by atoms with E-state index in [4.69, 9.17) is 4.74 Å². The van der Waals surface area contributed by atoms with Crippen LogP contribution in [0.25, 0.3) is 11.0 Å². The SMILES string of the molecule is O=C(O)C1(CNc2nnc3ccccc3n2)CCOCC1. The van der Waals surface area contributed by atoms with Gasteiger partial charge in [0.05, 0.1) is 10.9 Å². The summed E-state index contributed by atoms with van der Waals surface area (Å²) in [5.74, 6) is -0.465. The van der Waals surface area contributed by atoms with Crippen molar-refractivity contribution in [3.63, 3.8) is 0 Å². The molecule has 0 spiro atoms. The molecule has 0 amide bonds. The van der Waals surface area contributed by atoms with Crippen molar-refractivity contribution in [3.8, 4) is 0 Å². The van der Waals surface area contributed by atoms with Crippen molar-refractivity contribution in [2.45, 2.75) is 12.8 Å². The molecule has 1 aliphatic rings. The van der Waals surface area contributed by atoms with E-state index in [1.54, 1.807) is 0 Å². The van der Waals surface area contributed by atoms with E-state index >= 15 is 0 Å². The lowest BCUT2D eigenvalue weighted by Crippen LogP contribution is -2.42.